The Morgan fingerprint density at radius 1 is 0.250 bits per heavy atom. The second-order valence-corrected chi connectivity index (χ2v) is 10.0. The molecule has 0 aliphatic carbocycles. The first-order valence-corrected chi connectivity index (χ1v) is 14.8. The van der Waals surface area contributed by atoms with Crippen LogP contribution < -0.4 is 5.32 Å². The lowest BCUT2D eigenvalue weighted by Crippen LogP contribution is -2.16. The molecule has 194 valence electrons. The molecule has 3 N–H and O–H groups in total. The maximum Gasteiger partial charge on any atom is 0.0431 e. The normalized spacial score (nSPS) is 11.4. The van der Waals surface area contributed by atoms with Crippen LogP contribution in [0, 0.1) is 0 Å². The van der Waals surface area contributed by atoms with Crippen molar-refractivity contribution in [3.05, 3.63) is 0 Å². The van der Waals surface area contributed by atoms with Crippen LogP contribution in [0.2, 0.25) is 0 Å². The average Bonchev–Trinajstić information content (AvgIpc) is 2.81. The lowest BCUT2D eigenvalue weighted by Gasteiger charge is -2.05. The molecule has 0 aromatic rings. The quantitative estimate of drug-likeness (QED) is 0.0994. The van der Waals surface area contributed by atoms with Gasteiger partial charge in [-0.1, -0.05) is 135 Å². The van der Waals surface area contributed by atoms with Crippen LogP contribution in [-0.2, 0) is 0 Å². The van der Waals surface area contributed by atoms with E-state index in [0.717, 1.165) is 12.8 Å². The monoisotopic (exact) mass is 455 g/mol. The SMILES string of the molecule is OCCCCCCCCCCCCCCCCCCCCCCNCCCCCCCO. The summed E-state index contributed by atoms with van der Waals surface area (Å²) in [6, 6.07) is 0. The van der Waals surface area contributed by atoms with Crippen molar-refractivity contribution in [2.45, 2.75) is 161 Å². The highest BCUT2D eigenvalue weighted by atomic mass is 16.3. The van der Waals surface area contributed by atoms with Gasteiger partial charge in [-0.3, -0.25) is 0 Å². The molecule has 3 heteroatoms. The number of rotatable bonds is 29. The van der Waals surface area contributed by atoms with Gasteiger partial charge in [0.1, 0.15) is 0 Å². The van der Waals surface area contributed by atoms with Crippen molar-refractivity contribution in [1.82, 2.24) is 5.32 Å². The summed E-state index contributed by atoms with van der Waals surface area (Å²) in [7, 11) is 0. The Kier molecular flexibility index (Phi) is 30.8. The first-order chi connectivity index (χ1) is 15.9. The summed E-state index contributed by atoms with van der Waals surface area (Å²) in [6.45, 7) is 3.09. The van der Waals surface area contributed by atoms with Crippen molar-refractivity contribution in [1.29, 1.82) is 0 Å². The largest absolute Gasteiger partial charge is 0.396 e. The number of aliphatic hydroxyl groups is 2. The van der Waals surface area contributed by atoms with E-state index in [1.165, 1.54) is 161 Å². The zero-order chi connectivity index (χ0) is 23.2. The van der Waals surface area contributed by atoms with Gasteiger partial charge in [0.05, 0.1) is 0 Å². The van der Waals surface area contributed by atoms with Crippen LogP contribution in [0.5, 0.6) is 0 Å². The minimum atomic E-state index is 0.355. The van der Waals surface area contributed by atoms with Gasteiger partial charge >= 0.3 is 0 Å². The maximum absolute atomic E-state index is 8.76. The third kappa shape index (κ3) is 29.9. The summed E-state index contributed by atoms with van der Waals surface area (Å²) in [5, 5.41) is 21.1. The molecule has 0 atom stereocenters. The Morgan fingerprint density at radius 3 is 0.656 bits per heavy atom. The third-order valence-electron chi connectivity index (χ3n) is 6.77. The van der Waals surface area contributed by atoms with Crippen LogP contribution >= 0.6 is 0 Å². The van der Waals surface area contributed by atoms with Crippen molar-refractivity contribution in [2.75, 3.05) is 26.3 Å². The molecule has 0 fully saturated rings. The number of nitrogens with one attached hydrogen (secondary N) is 1. The van der Waals surface area contributed by atoms with E-state index in [1.54, 1.807) is 0 Å². The van der Waals surface area contributed by atoms with Crippen LogP contribution in [0.4, 0.5) is 0 Å². The highest BCUT2D eigenvalue weighted by Gasteiger charge is 1.96. The molecule has 0 aromatic heterocycles. The van der Waals surface area contributed by atoms with E-state index in [-0.39, 0.29) is 0 Å². The fourth-order valence-corrected chi connectivity index (χ4v) is 4.56. The van der Waals surface area contributed by atoms with E-state index < -0.39 is 0 Å². The topological polar surface area (TPSA) is 52.5 Å². The number of hydrogen-bond donors (Lipinski definition) is 3. The Bertz CT molecular complexity index is 282. The van der Waals surface area contributed by atoms with E-state index in [1.807, 2.05) is 0 Å². The van der Waals surface area contributed by atoms with Gasteiger partial charge in [0.2, 0.25) is 0 Å². The standard InChI is InChI=1S/C29H61NO2/c31-28-24-20-16-14-12-10-8-6-4-2-1-3-5-7-9-11-13-15-18-22-26-30-27-23-19-17-21-25-29-32/h30-32H,1-29H2. The molecule has 0 unspecified atom stereocenters. The molecule has 0 bridgehead atoms. The fraction of sp³-hybridized carbons (Fsp3) is 1.00. The lowest BCUT2D eigenvalue weighted by molar-refractivity contribution is 0.282. The van der Waals surface area contributed by atoms with Crippen molar-refractivity contribution in [3.63, 3.8) is 0 Å². The van der Waals surface area contributed by atoms with Gasteiger partial charge in [0.15, 0.2) is 0 Å². The summed E-state index contributed by atoms with van der Waals surface area (Å²) in [6.07, 6.45) is 33.8. The summed E-state index contributed by atoms with van der Waals surface area (Å²) in [5.41, 5.74) is 0. The number of aliphatic hydroxyl groups excluding tert-OH is 2. The minimum absolute atomic E-state index is 0.355. The fourth-order valence-electron chi connectivity index (χ4n) is 4.56. The zero-order valence-electron chi connectivity index (χ0n) is 21.9. The Hall–Kier alpha value is -0.120. The first-order valence-electron chi connectivity index (χ1n) is 14.8. The van der Waals surface area contributed by atoms with E-state index >= 15 is 0 Å². The highest BCUT2D eigenvalue weighted by molar-refractivity contribution is 4.53. The molecule has 0 aliphatic heterocycles. The Labute approximate surface area is 202 Å². The third-order valence-corrected chi connectivity index (χ3v) is 6.77. The van der Waals surface area contributed by atoms with Crippen LogP contribution in [0.1, 0.15) is 161 Å². The average molecular weight is 456 g/mol. The van der Waals surface area contributed by atoms with Crippen LogP contribution in [0.15, 0.2) is 0 Å². The number of unbranched alkanes of at least 4 members (excludes halogenated alkanes) is 23. The molecule has 0 spiro atoms. The summed E-state index contributed by atoms with van der Waals surface area (Å²) in [5.74, 6) is 0. The Balaban J connectivity index is 2.98. The van der Waals surface area contributed by atoms with Crippen LogP contribution in [0.25, 0.3) is 0 Å². The second-order valence-electron chi connectivity index (χ2n) is 10.0. The Morgan fingerprint density at radius 2 is 0.438 bits per heavy atom. The predicted molar refractivity (Wildman–Crippen MR) is 142 cm³/mol. The molecule has 0 radical (unpaired) electrons. The highest BCUT2D eigenvalue weighted by Crippen LogP contribution is 2.14. The molecule has 3 nitrogen and oxygen atoms in total. The van der Waals surface area contributed by atoms with Crippen molar-refractivity contribution >= 4 is 0 Å². The van der Waals surface area contributed by atoms with Gasteiger partial charge in [-0.2, -0.15) is 0 Å². The molecule has 32 heavy (non-hydrogen) atoms. The second kappa shape index (κ2) is 30.9. The maximum atomic E-state index is 8.76. The predicted octanol–water partition coefficient (Wildman–Crippen LogP) is 8.31. The molecular formula is C29H61NO2. The van der Waals surface area contributed by atoms with Crippen molar-refractivity contribution in [2.24, 2.45) is 0 Å². The molecule has 0 heterocycles. The van der Waals surface area contributed by atoms with Gasteiger partial charge in [-0.05, 0) is 38.8 Å². The molecule has 0 amide bonds. The summed E-state index contributed by atoms with van der Waals surface area (Å²) < 4.78 is 0. The summed E-state index contributed by atoms with van der Waals surface area (Å²) >= 11 is 0. The number of hydrogen-bond acceptors (Lipinski definition) is 3. The molecule has 0 aliphatic rings. The van der Waals surface area contributed by atoms with Crippen LogP contribution in [-0.4, -0.2) is 36.5 Å². The van der Waals surface area contributed by atoms with E-state index in [0.29, 0.717) is 13.2 Å². The van der Waals surface area contributed by atoms with Crippen molar-refractivity contribution in [3.8, 4) is 0 Å². The lowest BCUT2D eigenvalue weighted by atomic mass is 10.0. The minimum Gasteiger partial charge on any atom is -0.396 e. The van der Waals surface area contributed by atoms with Gasteiger partial charge in [0, 0.05) is 13.2 Å². The first kappa shape index (κ1) is 31.9. The summed E-state index contributed by atoms with van der Waals surface area (Å²) in [4.78, 5) is 0. The van der Waals surface area contributed by atoms with Crippen molar-refractivity contribution < 1.29 is 10.2 Å². The van der Waals surface area contributed by atoms with Gasteiger partial charge in [-0.15, -0.1) is 0 Å². The van der Waals surface area contributed by atoms with E-state index in [9.17, 15) is 0 Å². The molecule has 0 saturated heterocycles. The molecular weight excluding hydrogens is 394 g/mol. The van der Waals surface area contributed by atoms with Gasteiger partial charge in [-0.25, -0.2) is 0 Å². The smallest absolute Gasteiger partial charge is 0.0431 e. The zero-order valence-corrected chi connectivity index (χ0v) is 21.9. The molecule has 0 rings (SSSR count). The molecule has 0 aromatic carbocycles. The molecule has 0 saturated carbocycles. The van der Waals surface area contributed by atoms with Gasteiger partial charge in [0.25, 0.3) is 0 Å². The van der Waals surface area contributed by atoms with Crippen LogP contribution in [0.3, 0.4) is 0 Å². The van der Waals surface area contributed by atoms with E-state index in [2.05, 4.69) is 5.32 Å². The van der Waals surface area contributed by atoms with Gasteiger partial charge < -0.3 is 15.5 Å². The van der Waals surface area contributed by atoms with E-state index in [4.69, 9.17) is 10.2 Å².